The van der Waals surface area contributed by atoms with Crippen LogP contribution in [-0.4, -0.2) is 29.4 Å². The van der Waals surface area contributed by atoms with Gasteiger partial charge in [-0.1, -0.05) is 24.3 Å². The van der Waals surface area contributed by atoms with Crippen molar-refractivity contribution in [3.63, 3.8) is 0 Å². The number of benzene rings is 3. The Bertz CT molecular complexity index is 1570. The molecule has 0 radical (unpaired) electrons. The molecular weight excluding hydrogens is 460 g/mol. The van der Waals surface area contributed by atoms with Crippen LogP contribution in [0.3, 0.4) is 0 Å². The third-order valence-electron chi connectivity index (χ3n) is 6.78. The van der Waals surface area contributed by atoms with Gasteiger partial charge in [0.1, 0.15) is 11.3 Å². The van der Waals surface area contributed by atoms with Crippen molar-refractivity contribution < 1.29 is 18.9 Å². The van der Waals surface area contributed by atoms with Crippen molar-refractivity contribution >= 4 is 22.6 Å². The number of hydrogen-bond donors (Lipinski definition) is 0. The second kappa shape index (κ2) is 8.96. The number of aryl methyl sites for hydroxylation is 2. The number of amides is 1. The van der Waals surface area contributed by atoms with Gasteiger partial charge in [-0.3, -0.25) is 19.7 Å². The lowest BCUT2D eigenvalue weighted by Gasteiger charge is -2.25. The molecule has 0 saturated carbocycles. The monoisotopic (exact) mass is 484 g/mol. The summed E-state index contributed by atoms with van der Waals surface area (Å²) in [6.45, 7) is 4.11. The van der Waals surface area contributed by atoms with Gasteiger partial charge in [-0.2, -0.15) is 0 Å². The van der Waals surface area contributed by atoms with Gasteiger partial charge in [0.25, 0.3) is 11.6 Å². The Kier molecular flexibility index (Phi) is 5.80. The van der Waals surface area contributed by atoms with Gasteiger partial charge in [0.05, 0.1) is 29.0 Å². The maximum absolute atomic E-state index is 13.7. The number of nitro benzene ring substituents is 1. The fourth-order valence-corrected chi connectivity index (χ4v) is 4.70. The molecule has 1 aliphatic heterocycles. The van der Waals surface area contributed by atoms with Crippen molar-refractivity contribution in [2.45, 2.75) is 26.3 Å². The van der Waals surface area contributed by atoms with Gasteiger partial charge in [-0.15, -0.1) is 0 Å². The predicted molar refractivity (Wildman–Crippen MR) is 135 cm³/mol. The molecule has 8 heteroatoms. The molecule has 0 spiro atoms. The molecule has 3 aromatic carbocycles. The largest absolute Gasteiger partial charge is 0.497 e. The lowest BCUT2D eigenvalue weighted by Crippen LogP contribution is -2.31. The Morgan fingerprint density at radius 3 is 2.44 bits per heavy atom. The van der Waals surface area contributed by atoms with Crippen LogP contribution in [0.15, 0.2) is 69.9 Å². The second-order valence-corrected chi connectivity index (χ2v) is 8.96. The highest BCUT2D eigenvalue weighted by atomic mass is 16.6. The predicted octanol–water partition coefficient (Wildman–Crippen LogP) is 5.11. The number of nitro groups is 1. The number of hydrogen-bond acceptors (Lipinski definition) is 6. The average molecular weight is 485 g/mol. The maximum Gasteiger partial charge on any atom is 0.290 e. The van der Waals surface area contributed by atoms with Gasteiger partial charge in [0.2, 0.25) is 5.76 Å². The molecule has 0 unspecified atom stereocenters. The van der Waals surface area contributed by atoms with Crippen LogP contribution in [0, 0.1) is 24.0 Å². The SMILES string of the molecule is COc1ccc(CCN2C(=O)c3oc4cc(C)c(C)cc4c(=O)c3[C@H]2c2cccc([N+](=O)[O-])c2)cc1. The van der Waals surface area contributed by atoms with Crippen LogP contribution < -0.4 is 10.2 Å². The number of carbonyl (C=O) groups excluding carboxylic acids is 1. The van der Waals surface area contributed by atoms with Crippen molar-refractivity contribution in [1.29, 1.82) is 0 Å². The summed E-state index contributed by atoms with van der Waals surface area (Å²) in [4.78, 5) is 39.9. The summed E-state index contributed by atoms with van der Waals surface area (Å²) >= 11 is 0. The first-order valence-corrected chi connectivity index (χ1v) is 11.5. The van der Waals surface area contributed by atoms with E-state index in [0.29, 0.717) is 23.0 Å². The van der Waals surface area contributed by atoms with Crippen LogP contribution >= 0.6 is 0 Å². The molecular formula is C28H24N2O6. The van der Waals surface area contributed by atoms with E-state index in [2.05, 4.69) is 0 Å². The summed E-state index contributed by atoms with van der Waals surface area (Å²) in [5.41, 5.74) is 3.50. The molecule has 1 aliphatic rings. The third-order valence-corrected chi connectivity index (χ3v) is 6.78. The fourth-order valence-electron chi connectivity index (χ4n) is 4.70. The number of nitrogens with zero attached hydrogens (tertiary/aromatic N) is 2. The molecule has 182 valence electrons. The molecule has 36 heavy (non-hydrogen) atoms. The molecule has 0 saturated heterocycles. The Morgan fingerprint density at radius 1 is 1.03 bits per heavy atom. The minimum Gasteiger partial charge on any atom is -0.497 e. The van der Waals surface area contributed by atoms with Crippen molar-refractivity contribution in [3.05, 3.63) is 115 Å². The van der Waals surface area contributed by atoms with E-state index in [1.807, 2.05) is 38.1 Å². The first kappa shape index (κ1) is 23.3. The van der Waals surface area contributed by atoms with E-state index in [0.717, 1.165) is 22.4 Å². The Labute approximate surface area is 206 Å². The van der Waals surface area contributed by atoms with E-state index in [4.69, 9.17) is 9.15 Å². The molecule has 0 bridgehead atoms. The van der Waals surface area contributed by atoms with Gasteiger partial charge in [-0.25, -0.2) is 0 Å². The second-order valence-electron chi connectivity index (χ2n) is 8.96. The van der Waals surface area contributed by atoms with Crippen LogP contribution in [0.25, 0.3) is 11.0 Å². The number of methoxy groups -OCH3 is 1. The van der Waals surface area contributed by atoms with Crippen LogP contribution in [0.1, 0.15) is 44.4 Å². The molecule has 2 heterocycles. The molecule has 1 aromatic heterocycles. The molecule has 5 rings (SSSR count). The Hall–Kier alpha value is -4.46. The zero-order valence-corrected chi connectivity index (χ0v) is 20.1. The first-order chi connectivity index (χ1) is 17.3. The number of non-ortho nitro benzene ring substituents is 1. The smallest absolute Gasteiger partial charge is 0.290 e. The maximum atomic E-state index is 13.7. The van der Waals surface area contributed by atoms with Gasteiger partial charge >= 0.3 is 0 Å². The highest BCUT2D eigenvalue weighted by Gasteiger charge is 2.42. The number of carbonyl (C=O) groups is 1. The average Bonchev–Trinajstić information content (AvgIpc) is 3.16. The van der Waals surface area contributed by atoms with E-state index in [1.54, 1.807) is 36.3 Å². The third kappa shape index (κ3) is 3.90. The van der Waals surface area contributed by atoms with E-state index in [9.17, 15) is 19.7 Å². The van der Waals surface area contributed by atoms with Gasteiger partial charge in [0.15, 0.2) is 5.43 Å². The molecule has 0 aliphatic carbocycles. The molecule has 1 atom stereocenters. The van der Waals surface area contributed by atoms with E-state index >= 15 is 0 Å². The summed E-state index contributed by atoms with van der Waals surface area (Å²) in [5, 5.41) is 11.9. The number of rotatable bonds is 6. The van der Waals surface area contributed by atoms with Crippen LogP contribution in [0.5, 0.6) is 5.75 Å². The van der Waals surface area contributed by atoms with Crippen LogP contribution in [-0.2, 0) is 6.42 Å². The van der Waals surface area contributed by atoms with Crippen molar-refractivity contribution in [3.8, 4) is 5.75 Å². The highest BCUT2D eigenvalue weighted by Crippen LogP contribution is 2.39. The minimum atomic E-state index is -0.798. The summed E-state index contributed by atoms with van der Waals surface area (Å²) < 4.78 is 11.2. The molecule has 8 nitrogen and oxygen atoms in total. The zero-order chi connectivity index (χ0) is 25.6. The normalized spacial score (nSPS) is 14.8. The van der Waals surface area contributed by atoms with Crippen LogP contribution in [0.2, 0.25) is 0 Å². The van der Waals surface area contributed by atoms with Crippen molar-refractivity contribution in [1.82, 2.24) is 4.90 Å². The van der Waals surface area contributed by atoms with E-state index < -0.39 is 16.9 Å². The summed E-state index contributed by atoms with van der Waals surface area (Å²) in [6.07, 6.45) is 0.515. The summed E-state index contributed by atoms with van der Waals surface area (Å²) in [5.74, 6) is 0.305. The molecule has 1 amide bonds. The fraction of sp³-hybridized carbons (Fsp3) is 0.214. The Balaban J connectivity index is 1.64. The van der Waals surface area contributed by atoms with Crippen molar-refractivity contribution in [2.75, 3.05) is 13.7 Å². The number of fused-ring (bicyclic) bond motifs is 2. The number of ether oxygens (including phenoxy) is 1. The zero-order valence-electron chi connectivity index (χ0n) is 20.1. The molecule has 4 aromatic rings. The highest BCUT2D eigenvalue weighted by molar-refractivity contribution is 5.99. The molecule has 0 N–H and O–H groups in total. The topological polar surface area (TPSA) is 103 Å². The van der Waals surface area contributed by atoms with Crippen molar-refractivity contribution in [2.24, 2.45) is 0 Å². The lowest BCUT2D eigenvalue weighted by atomic mass is 9.97. The summed E-state index contributed by atoms with van der Waals surface area (Å²) in [7, 11) is 1.59. The standard InChI is InChI=1S/C28H24N2O6/c1-16-13-22-23(14-17(16)2)36-27-24(26(22)31)25(19-5-4-6-20(15-19)30(33)34)29(28(27)32)12-11-18-7-9-21(35-3)10-8-18/h4-10,13-15,25H,11-12H2,1-3H3/t25-/m1/s1. The molecule has 0 fully saturated rings. The van der Waals surface area contributed by atoms with Gasteiger partial charge < -0.3 is 14.1 Å². The Morgan fingerprint density at radius 2 is 1.75 bits per heavy atom. The van der Waals surface area contributed by atoms with Gasteiger partial charge in [0, 0.05) is 18.7 Å². The minimum absolute atomic E-state index is 0.0120. The summed E-state index contributed by atoms with van der Waals surface area (Å²) in [6, 6.07) is 16.3. The van der Waals surface area contributed by atoms with E-state index in [1.165, 1.54) is 12.1 Å². The van der Waals surface area contributed by atoms with Gasteiger partial charge in [-0.05, 0) is 66.8 Å². The van der Waals surface area contributed by atoms with Crippen LogP contribution in [0.4, 0.5) is 5.69 Å². The van der Waals surface area contributed by atoms with E-state index in [-0.39, 0.29) is 29.0 Å². The lowest BCUT2D eigenvalue weighted by molar-refractivity contribution is -0.384. The first-order valence-electron chi connectivity index (χ1n) is 11.5. The quantitative estimate of drug-likeness (QED) is 0.278.